The quantitative estimate of drug-likeness (QED) is 0.926. The van der Waals surface area contributed by atoms with Gasteiger partial charge in [-0.2, -0.15) is 12.7 Å². The van der Waals surface area contributed by atoms with Crippen molar-refractivity contribution >= 4 is 31.8 Å². The zero-order valence-corrected chi connectivity index (χ0v) is 11.7. The highest BCUT2D eigenvalue weighted by Gasteiger charge is 2.24. The third kappa shape index (κ3) is 3.17. The highest BCUT2D eigenvalue weighted by atomic mass is 79.9. The van der Waals surface area contributed by atoms with Gasteiger partial charge in [0.1, 0.15) is 0 Å². The number of hydrogen-bond donors (Lipinski definition) is 1. The highest BCUT2D eigenvalue weighted by molar-refractivity contribution is 9.10. The average Bonchev–Trinajstić information content (AvgIpc) is 2.33. The summed E-state index contributed by atoms with van der Waals surface area (Å²) < 4.78 is 28.9. The normalized spacial score (nSPS) is 17.9. The number of hydrogen-bond acceptors (Lipinski definition) is 3. The Hall–Kier alpha value is -0.660. The summed E-state index contributed by atoms with van der Waals surface area (Å²) in [4.78, 5) is 3.89. The van der Waals surface area contributed by atoms with E-state index in [-0.39, 0.29) is 0 Å². The first-order valence-corrected chi connectivity index (χ1v) is 7.70. The van der Waals surface area contributed by atoms with Crippen molar-refractivity contribution in [3.8, 4) is 0 Å². The van der Waals surface area contributed by atoms with Gasteiger partial charge in [0.05, 0.1) is 10.2 Å². The van der Waals surface area contributed by atoms with Crippen LogP contribution in [0.25, 0.3) is 0 Å². The zero-order valence-electron chi connectivity index (χ0n) is 9.26. The van der Waals surface area contributed by atoms with Crippen LogP contribution in [0.1, 0.15) is 19.3 Å². The maximum absolute atomic E-state index is 12.1. The van der Waals surface area contributed by atoms with Crippen molar-refractivity contribution in [1.29, 1.82) is 0 Å². The lowest BCUT2D eigenvalue weighted by atomic mass is 10.2. The number of aromatic nitrogens is 1. The molecule has 1 N–H and O–H groups in total. The van der Waals surface area contributed by atoms with Crippen molar-refractivity contribution in [2.75, 3.05) is 17.8 Å². The molecule has 17 heavy (non-hydrogen) atoms. The molecule has 0 aliphatic carbocycles. The summed E-state index contributed by atoms with van der Waals surface area (Å²) in [7, 11) is -3.43. The van der Waals surface area contributed by atoms with Crippen molar-refractivity contribution in [2.45, 2.75) is 19.3 Å². The van der Waals surface area contributed by atoms with Gasteiger partial charge in [-0.1, -0.05) is 6.42 Å². The Morgan fingerprint density at radius 1 is 1.29 bits per heavy atom. The second-order valence-electron chi connectivity index (χ2n) is 3.92. The molecule has 1 saturated heterocycles. The minimum absolute atomic E-state index is 0.519. The van der Waals surface area contributed by atoms with E-state index in [1.54, 1.807) is 18.5 Å². The van der Waals surface area contributed by atoms with Gasteiger partial charge in [0, 0.05) is 25.5 Å². The van der Waals surface area contributed by atoms with Gasteiger partial charge in [-0.15, -0.1) is 0 Å². The Kier molecular flexibility index (Phi) is 4.01. The van der Waals surface area contributed by atoms with Crippen LogP contribution >= 0.6 is 15.9 Å². The van der Waals surface area contributed by atoms with Crippen LogP contribution in [0.3, 0.4) is 0 Å². The first kappa shape index (κ1) is 12.8. The minimum Gasteiger partial charge on any atom is -0.270 e. The summed E-state index contributed by atoms with van der Waals surface area (Å²) in [5.74, 6) is 0. The molecule has 0 aromatic carbocycles. The van der Waals surface area contributed by atoms with Gasteiger partial charge in [-0.05, 0) is 34.8 Å². The van der Waals surface area contributed by atoms with Crippen LogP contribution in [-0.2, 0) is 10.2 Å². The molecule has 94 valence electrons. The highest BCUT2D eigenvalue weighted by Crippen LogP contribution is 2.23. The predicted octanol–water partition coefficient (Wildman–Crippen LogP) is 1.99. The summed E-state index contributed by atoms with van der Waals surface area (Å²) in [6, 6.07) is 1.63. The topological polar surface area (TPSA) is 62.3 Å². The minimum atomic E-state index is -3.43. The number of rotatable bonds is 3. The fourth-order valence-corrected chi connectivity index (χ4v) is 3.57. The number of piperidine rings is 1. The molecule has 1 fully saturated rings. The van der Waals surface area contributed by atoms with E-state index in [1.165, 1.54) is 4.31 Å². The van der Waals surface area contributed by atoms with Crippen LogP contribution < -0.4 is 4.72 Å². The van der Waals surface area contributed by atoms with Crippen LogP contribution in [0, 0.1) is 0 Å². The third-order valence-electron chi connectivity index (χ3n) is 2.67. The van der Waals surface area contributed by atoms with Crippen molar-refractivity contribution in [2.24, 2.45) is 0 Å². The number of anilines is 1. The molecule has 0 unspecified atom stereocenters. The summed E-state index contributed by atoms with van der Waals surface area (Å²) in [6.45, 7) is 1.19. The third-order valence-corrected chi connectivity index (χ3v) is 4.82. The summed E-state index contributed by atoms with van der Waals surface area (Å²) >= 11 is 3.26. The summed E-state index contributed by atoms with van der Waals surface area (Å²) in [5, 5.41) is 0. The molecule has 0 bridgehead atoms. The van der Waals surface area contributed by atoms with Crippen LogP contribution in [0.5, 0.6) is 0 Å². The van der Waals surface area contributed by atoms with Gasteiger partial charge < -0.3 is 0 Å². The van der Waals surface area contributed by atoms with Gasteiger partial charge in [-0.3, -0.25) is 9.71 Å². The maximum Gasteiger partial charge on any atom is 0.301 e. The molecule has 0 radical (unpaired) electrons. The van der Waals surface area contributed by atoms with Crippen molar-refractivity contribution in [3.63, 3.8) is 0 Å². The second kappa shape index (κ2) is 5.32. The average molecular weight is 320 g/mol. The smallest absolute Gasteiger partial charge is 0.270 e. The summed E-state index contributed by atoms with van der Waals surface area (Å²) in [5.41, 5.74) is 0.519. The monoisotopic (exact) mass is 319 g/mol. The van der Waals surface area contributed by atoms with Crippen LogP contribution in [-0.4, -0.2) is 30.8 Å². The lowest BCUT2D eigenvalue weighted by Gasteiger charge is -2.26. The molecule has 7 heteroatoms. The lowest BCUT2D eigenvalue weighted by molar-refractivity contribution is 0.349. The first-order valence-electron chi connectivity index (χ1n) is 5.47. The first-order chi connectivity index (χ1) is 8.09. The number of pyridine rings is 1. The number of halogens is 1. The fourth-order valence-electron chi connectivity index (χ4n) is 1.77. The van der Waals surface area contributed by atoms with E-state index in [0.29, 0.717) is 23.2 Å². The van der Waals surface area contributed by atoms with Crippen molar-refractivity contribution in [1.82, 2.24) is 9.29 Å². The van der Waals surface area contributed by atoms with E-state index in [2.05, 4.69) is 25.6 Å². The maximum atomic E-state index is 12.1. The summed E-state index contributed by atoms with van der Waals surface area (Å²) in [6.07, 6.45) is 6.08. The fraction of sp³-hybridized carbons (Fsp3) is 0.500. The van der Waals surface area contributed by atoms with E-state index in [1.807, 2.05) is 0 Å². The van der Waals surface area contributed by atoms with Gasteiger partial charge >= 0.3 is 10.2 Å². The molecule has 0 saturated carbocycles. The van der Waals surface area contributed by atoms with Crippen LogP contribution in [0.2, 0.25) is 0 Å². The molecular formula is C10H14BrN3O2S. The molecule has 1 aromatic heterocycles. The van der Waals surface area contributed by atoms with E-state index in [0.717, 1.165) is 19.3 Å². The lowest BCUT2D eigenvalue weighted by Crippen LogP contribution is -2.39. The number of nitrogens with one attached hydrogen (secondary N) is 1. The Bertz CT molecular complexity index is 486. The molecule has 5 nitrogen and oxygen atoms in total. The predicted molar refractivity (Wildman–Crippen MR) is 69.9 cm³/mol. The molecule has 1 aliphatic heterocycles. The molecular weight excluding hydrogens is 306 g/mol. The van der Waals surface area contributed by atoms with Crippen LogP contribution in [0.15, 0.2) is 22.9 Å². The van der Waals surface area contributed by atoms with Gasteiger partial charge in [0.25, 0.3) is 0 Å². The number of nitrogens with zero attached hydrogens (tertiary/aromatic N) is 2. The molecule has 1 aromatic rings. The zero-order chi connectivity index (χ0) is 12.3. The van der Waals surface area contributed by atoms with Gasteiger partial charge in [0.2, 0.25) is 0 Å². The van der Waals surface area contributed by atoms with Gasteiger partial charge in [-0.25, -0.2) is 0 Å². The molecule has 0 spiro atoms. The van der Waals surface area contributed by atoms with E-state index >= 15 is 0 Å². The Morgan fingerprint density at radius 2 is 2.00 bits per heavy atom. The largest absolute Gasteiger partial charge is 0.301 e. The Balaban J connectivity index is 2.14. The standard InChI is InChI=1S/C10H14BrN3O2S/c11-9-8-12-5-4-10(9)13-17(15,16)14-6-2-1-3-7-14/h4-5,8H,1-3,6-7H2,(H,12,13). The molecule has 2 heterocycles. The molecule has 0 amide bonds. The molecule has 0 atom stereocenters. The Labute approximate surface area is 110 Å². The molecule has 1 aliphatic rings. The molecule has 2 rings (SSSR count). The Morgan fingerprint density at radius 3 is 2.65 bits per heavy atom. The van der Waals surface area contributed by atoms with E-state index in [9.17, 15) is 8.42 Å². The van der Waals surface area contributed by atoms with Crippen molar-refractivity contribution in [3.05, 3.63) is 22.9 Å². The van der Waals surface area contributed by atoms with E-state index in [4.69, 9.17) is 0 Å². The van der Waals surface area contributed by atoms with Crippen molar-refractivity contribution < 1.29 is 8.42 Å². The second-order valence-corrected chi connectivity index (χ2v) is 6.45. The van der Waals surface area contributed by atoms with E-state index < -0.39 is 10.2 Å². The van der Waals surface area contributed by atoms with Gasteiger partial charge in [0.15, 0.2) is 0 Å². The van der Waals surface area contributed by atoms with Crippen LogP contribution in [0.4, 0.5) is 5.69 Å². The SMILES string of the molecule is O=S(=O)(Nc1ccncc1Br)N1CCCCC1.